The van der Waals surface area contributed by atoms with E-state index < -0.39 is 0 Å². The third-order valence-electron chi connectivity index (χ3n) is 10.1. The van der Waals surface area contributed by atoms with E-state index in [-0.39, 0.29) is 5.41 Å². The maximum Gasteiger partial charge on any atom is 0.161 e. The van der Waals surface area contributed by atoms with Crippen LogP contribution in [0.3, 0.4) is 0 Å². The summed E-state index contributed by atoms with van der Waals surface area (Å²) >= 11 is 0. The zero-order chi connectivity index (χ0) is 33.0. The maximum atomic E-state index is 5.28. The first-order chi connectivity index (χ1) is 24.1. The number of hydrogen-bond acceptors (Lipinski definition) is 2. The fourth-order valence-electron chi connectivity index (χ4n) is 7.76. The van der Waals surface area contributed by atoms with Crippen molar-refractivity contribution in [2.45, 2.75) is 19.3 Å². The van der Waals surface area contributed by atoms with Crippen LogP contribution < -0.4 is 0 Å². The molecule has 9 rings (SSSR count). The van der Waals surface area contributed by atoms with Crippen molar-refractivity contribution in [3.8, 4) is 67.3 Å². The van der Waals surface area contributed by atoms with Crippen molar-refractivity contribution >= 4 is 10.8 Å². The number of benzene rings is 7. The quantitative estimate of drug-likeness (QED) is 0.190. The molecule has 0 saturated carbocycles. The lowest BCUT2D eigenvalue weighted by Crippen LogP contribution is -2.16. The largest absolute Gasteiger partial charge is 0.228 e. The fraction of sp³-hybridized carbons (Fsp3) is 0.0638. The van der Waals surface area contributed by atoms with Gasteiger partial charge in [-0.15, -0.1) is 0 Å². The Morgan fingerprint density at radius 3 is 1.63 bits per heavy atom. The molecule has 0 unspecified atom stereocenters. The molecular formula is C47H34N2. The second kappa shape index (κ2) is 11.5. The van der Waals surface area contributed by atoms with E-state index in [1.165, 1.54) is 44.3 Å². The van der Waals surface area contributed by atoms with Crippen LogP contribution in [-0.4, -0.2) is 9.97 Å². The zero-order valence-electron chi connectivity index (χ0n) is 27.6. The molecule has 1 heterocycles. The Balaban J connectivity index is 1.24. The third kappa shape index (κ3) is 4.88. The predicted molar refractivity (Wildman–Crippen MR) is 204 cm³/mol. The second-order valence-electron chi connectivity index (χ2n) is 13.4. The number of hydrogen-bond donors (Lipinski definition) is 0. The predicted octanol–water partition coefficient (Wildman–Crippen LogP) is 12.3. The molecule has 2 heteroatoms. The molecular weight excluding hydrogens is 593 g/mol. The summed E-state index contributed by atoms with van der Waals surface area (Å²) in [7, 11) is 0. The minimum Gasteiger partial charge on any atom is -0.228 e. The standard InChI is InChI=1S/C47H34N2/c1-47(2)42-26-12-11-23-38(42)40-25-14-24-39(45(40)47)37-27-28-41(36-22-10-9-21-35(36)37)46-48-43(32-17-7-4-8-18-32)30-44(49-46)34-20-13-19-33(29-34)31-15-5-3-6-16-31/h3-30H,1-2H3. The highest BCUT2D eigenvalue weighted by Crippen LogP contribution is 2.53. The molecule has 7 aromatic carbocycles. The first-order valence-electron chi connectivity index (χ1n) is 16.9. The monoisotopic (exact) mass is 626 g/mol. The lowest BCUT2D eigenvalue weighted by molar-refractivity contribution is 0.662. The van der Waals surface area contributed by atoms with Crippen LogP contribution in [0.15, 0.2) is 170 Å². The number of fused-ring (bicyclic) bond motifs is 4. The van der Waals surface area contributed by atoms with Crippen LogP contribution >= 0.6 is 0 Å². The van der Waals surface area contributed by atoms with E-state index in [1.807, 2.05) is 6.07 Å². The Morgan fingerprint density at radius 2 is 0.878 bits per heavy atom. The summed E-state index contributed by atoms with van der Waals surface area (Å²) in [5.41, 5.74) is 15.1. The van der Waals surface area contributed by atoms with E-state index in [1.54, 1.807) is 0 Å². The Kier molecular flexibility index (Phi) is 6.84. The van der Waals surface area contributed by atoms with Crippen molar-refractivity contribution in [2.24, 2.45) is 0 Å². The van der Waals surface area contributed by atoms with Crippen LogP contribution in [0.2, 0.25) is 0 Å². The van der Waals surface area contributed by atoms with Gasteiger partial charge < -0.3 is 0 Å². The van der Waals surface area contributed by atoms with Gasteiger partial charge in [0.2, 0.25) is 0 Å². The van der Waals surface area contributed by atoms with Gasteiger partial charge in [0.15, 0.2) is 5.82 Å². The van der Waals surface area contributed by atoms with Gasteiger partial charge in [-0.3, -0.25) is 0 Å². The highest BCUT2D eigenvalue weighted by atomic mass is 14.9. The molecule has 49 heavy (non-hydrogen) atoms. The molecule has 8 aromatic rings. The molecule has 1 aliphatic rings. The Hall–Kier alpha value is -6.12. The maximum absolute atomic E-state index is 5.28. The summed E-state index contributed by atoms with van der Waals surface area (Å²) in [6.07, 6.45) is 0. The molecule has 0 spiro atoms. The van der Waals surface area contributed by atoms with Gasteiger partial charge in [0.1, 0.15) is 0 Å². The molecule has 1 aromatic heterocycles. The Labute approximate surface area is 287 Å². The summed E-state index contributed by atoms with van der Waals surface area (Å²) in [6, 6.07) is 60.5. The van der Waals surface area contributed by atoms with Crippen molar-refractivity contribution in [2.75, 3.05) is 0 Å². The molecule has 0 bridgehead atoms. The molecule has 0 N–H and O–H groups in total. The van der Waals surface area contributed by atoms with Gasteiger partial charge in [0.05, 0.1) is 11.4 Å². The first kappa shape index (κ1) is 29.1. The van der Waals surface area contributed by atoms with Crippen LogP contribution in [0.1, 0.15) is 25.0 Å². The van der Waals surface area contributed by atoms with Crippen LogP contribution in [-0.2, 0) is 5.41 Å². The topological polar surface area (TPSA) is 25.8 Å². The molecule has 0 radical (unpaired) electrons. The fourth-order valence-corrected chi connectivity index (χ4v) is 7.76. The van der Waals surface area contributed by atoms with E-state index in [0.29, 0.717) is 0 Å². The Morgan fingerprint density at radius 1 is 0.367 bits per heavy atom. The minimum absolute atomic E-state index is 0.112. The van der Waals surface area contributed by atoms with Gasteiger partial charge in [0, 0.05) is 22.1 Å². The average Bonchev–Trinajstić information content (AvgIpc) is 3.41. The minimum atomic E-state index is -0.112. The highest BCUT2D eigenvalue weighted by Gasteiger charge is 2.37. The van der Waals surface area contributed by atoms with Crippen LogP contribution in [0.4, 0.5) is 0 Å². The first-order valence-corrected chi connectivity index (χ1v) is 16.9. The summed E-state index contributed by atoms with van der Waals surface area (Å²) in [5.74, 6) is 0.718. The third-order valence-corrected chi connectivity index (χ3v) is 10.1. The molecule has 0 fully saturated rings. The number of nitrogens with zero attached hydrogens (tertiary/aromatic N) is 2. The molecule has 0 amide bonds. The van der Waals surface area contributed by atoms with E-state index in [4.69, 9.17) is 9.97 Å². The molecule has 232 valence electrons. The van der Waals surface area contributed by atoms with Crippen LogP contribution in [0, 0.1) is 0 Å². The van der Waals surface area contributed by atoms with E-state index in [2.05, 4.69) is 178 Å². The molecule has 1 aliphatic carbocycles. The van der Waals surface area contributed by atoms with Crippen molar-refractivity contribution < 1.29 is 0 Å². The van der Waals surface area contributed by atoms with E-state index in [9.17, 15) is 0 Å². The average molecular weight is 627 g/mol. The summed E-state index contributed by atoms with van der Waals surface area (Å²) in [6.45, 7) is 4.71. The highest BCUT2D eigenvalue weighted by molar-refractivity contribution is 6.06. The summed E-state index contributed by atoms with van der Waals surface area (Å²) < 4.78 is 0. The van der Waals surface area contributed by atoms with Gasteiger partial charge in [-0.1, -0.05) is 166 Å². The van der Waals surface area contributed by atoms with E-state index >= 15 is 0 Å². The van der Waals surface area contributed by atoms with Crippen LogP contribution in [0.25, 0.3) is 78.1 Å². The lowest BCUT2D eigenvalue weighted by atomic mass is 9.78. The summed E-state index contributed by atoms with van der Waals surface area (Å²) in [4.78, 5) is 10.5. The van der Waals surface area contributed by atoms with Crippen molar-refractivity contribution in [3.63, 3.8) is 0 Å². The van der Waals surface area contributed by atoms with Crippen molar-refractivity contribution in [1.82, 2.24) is 9.97 Å². The lowest BCUT2D eigenvalue weighted by Gasteiger charge is -2.25. The molecule has 0 atom stereocenters. The number of rotatable bonds is 5. The zero-order valence-corrected chi connectivity index (χ0v) is 27.6. The van der Waals surface area contributed by atoms with Gasteiger partial charge in [-0.05, 0) is 73.5 Å². The van der Waals surface area contributed by atoms with Crippen molar-refractivity contribution in [3.05, 3.63) is 181 Å². The van der Waals surface area contributed by atoms with Crippen molar-refractivity contribution in [1.29, 1.82) is 0 Å². The molecule has 2 nitrogen and oxygen atoms in total. The Bertz CT molecular complexity index is 2510. The van der Waals surface area contributed by atoms with Gasteiger partial charge in [-0.25, -0.2) is 9.97 Å². The molecule has 0 aliphatic heterocycles. The smallest absolute Gasteiger partial charge is 0.161 e. The second-order valence-corrected chi connectivity index (χ2v) is 13.4. The van der Waals surface area contributed by atoms with Crippen LogP contribution in [0.5, 0.6) is 0 Å². The van der Waals surface area contributed by atoms with Gasteiger partial charge >= 0.3 is 0 Å². The number of aromatic nitrogens is 2. The van der Waals surface area contributed by atoms with E-state index in [0.717, 1.165) is 44.9 Å². The van der Waals surface area contributed by atoms with Gasteiger partial charge in [-0.2, -0.15) is 0 Å². The molecule has 0 saturated heterocycles. The SMILES string of the molecule is CC1(C)c2ccccc2-c2cccc(-c3ccc(-c4nc(-c5ccccc5)cc(-c5cccc(-c6ccccc6)c5)n4)c4ccccc34)c21. The summed E-state index contributed by atoms with van der Waals surface area (Å²) in [5, 5.41) is 2.33. The van der Waals surface area contributed by atoms with Gasteiger partial charge in [0.25, 0.3) is 0 Å². The normalized spacial score (nSPS) is 12.9.